The topological polar surface area (TPSA) is 99.4 Å². The van der Waals surface area contributed by atoms with E-state index in [-0.39, 0.29) is 5.15 Å². The van der Waals surface area contributed by atoms with Gasteiger partial charge in [0.2, 0.25) is 0 Å². The highest BCUT2D eigenvalue weighted by Crippen LogP contribution is 2.29. The Morgan fingerprint density at radius 2 is 1.24 bits per heavy atom. The highest BCUT2D eigenvalue weighted by atomic mass is 35.5. The number of nitrogens with two attached hydrogens (primary N) is 1. The van der Waals surface area contributed by atoms with Gasteiger partial charge in [-0.3, -0.25) is 0 Å². The van der Waals surface area contributed by atoms with Crippen molar-refractivity contribution in [2.24, 2.45) is 0 Å². The first kappa shape index (κ1) is 34.3. The summed E-state index contributed by atoms with van der Waals surface area (Å²) >= 11 is 17.7. The van der Waals surface area contributed by atoms with E-state index >= 15 is 0 Å². The Bertz CT molecular complexity index is 1740. The molecule has 6 rings (SSSR count). The lowest BCUT2D eigenvalue weighted by Gasteiger charge is -2.12. The zero-order valence-corrected chi connectivity index (χ0v) is 28.2. The molecule has 0 saturated carbocycles. The van der Waals surface area contributed by atoms with Crippen molar-refractivity contribution < 1.29 is 0 Å². The van der Waals surface area contributed by atoms with Crippen molar-refractivity contribution in [3.05, 3.63) is 120 Å². The van der Waals surface area contributed by atoms with Crippen molar-refractivity contribution in [3.8, 4) is 12.1 Å². The van der Waals surface area contributed by atoms with Crippen molar-refractivity contribution >= 4 is 40.5 Å². The summed E-state index contributed by atoms with van der Waals surface area (Å²) in [7, 11) is 0. The quantitative estimate of drug-likeness (QED) is 0.164. The van der Waals surface area contributed by atoms with Gasteiger partial charge in [0.05, 0.1) is 11.1 Å². The zero-order chi connectivity index (χ0) is 32.3. The van der Waals surface area contributed by atoms with Crippen LogP contribution in [0.3, 0.4) is 0 Å². The second kappa shape index (κ2) is 16.6. The highest BCUT2D eigenvalue weighted by molar-refractivity contribution is 6.33. The lowest BCUT2D eigenvalue weighted by Crippen LogP contribution is -2.03. The molecule has 45 heavy (non-hydrogen) atoms. The normalized spacial score (nSPS) is 12.5. The maximum Gasteiger partial charge on any atom is 0.148 e. The molecule has 2 aliphatic carbocycles. The maximum absolute atomic E-state index is 9.14. The van der Waals surface area contributed by atoms with E-state index in [9.17, 15) is 0 Å². The fourth-order valence-electron chi connectivity index (χ4n) is 6.01. The van der Waals surface area contributed by atoms with Crippen LogP contribution in [-0.4, -0.2) is 9.97 Å². The molecule has 2 aliphatic rings. The van der Waals surface area contributed by atoms with Gasteiger partial charge in [-0.05, 0) is 109 Å². The van der Waals surface area contributed by atoms with Gasteiger partial charge in [-0.1, -0.05) is 91.8 Å². The summed E-state index contributed by atoms with van der Waals surface area (Å²) in [5.41, 5.74) is 17.9. The third kappa shape index (κ3) is 8.77. The number of nitriles is 2. The van der Waals surface area contributed by atoms with Gasteiger partial charge in [-0.2, -0.15) is 10.5 Å². The van der Waals surface area contributed by atoms with Crippen molar-refractivity contribution in [1.82, 2.24) is 9.97 Å². The van der Waals surface area contributed by atoms with Gasteiger partial charge < -0.3 is 5.73 Å². The van der Waals surface area contributed by atoms with Crippen molar-refractivity contribution in [2.45, 2.75) is 84.5 Å². The summed E-state index contributed by atoms with van der Waals surface area (Å²) in [5.74, 6) is 0. The number of halogens is 3. The molecule has 2 N–H and O–H groups in total. The summed E-state index contributed by atoms with van der Waals surface area (Å²) in [4.78, 5) is 8.40. The Morgan fingerprint density at radius 3 is 1.87 bits per heavy atom. The largest absolute Gasteiger partial charge is 0.398 e. The standard InChI is InChI=1S/C19H19ClN2.C9H8Cl2N2.C9H11N/c1-2-5-15-10-16(12-21)19(20)22-18(15)11-14-8-3-6-13-7-4-9-17(13)14;1-2-3-6-4-7(5-12)9(11)13-8(6)10;10-9-6-2-4-7-3-1-5-8(7)9/h3,6,8,10H,2,4-5,7,9,11H2,1H3;4H,2-3H2,1H3;2,4,6H,1,3,5,10H2. The zero-order valence-electron chi connectivity index (χ0n) is 25.9. The Kier molecular flexibility index (Phi) is 12.7. The van der Waals surface area contributed by atoms with Gasteiger partial charge in [-0.25, -0.2) is 9.97 Å². The highest BCUT2D eigenvalue weighted by Gasteiger charge is 2.17. The number of aromatic nitrogens is 2. The fraction of sp³-hybridized carbons (Fsp3) is 0.351. The van der Waals surface area contributed by atoms with Crippen LogP contribution in [0.25, 0.3) is 0 Å². The smallest absolute Gasteiger partial charge is 0.148 e. The molecule has 0 saturated heterocycles. The van der Waals surface area contributed by atoms with E-state index in [0.717, 1.165) is 54.6 Å². The van der Waals surface area contributed by atoms with Gasteiger partial charge in [0, 0.05) is 17.8 Å². The number of pyridine rings is 2. The van der Waals surface area contributed by atoms with Gasteiger partial charge in [-0.15, -0.1) is 0 Å². The average molecular weight is 659 g/mol. The van der Waals surface area contributed by atoms with Crippen molar-refractivity contribution in [1.29, 1.82) is 10.5 Å². The lowest BCUT2D eigenvalue weighted by atomic mass is 9.96. The third-order valence-electron chi connectivity index (χ3n) is 8.21. The molecule has 4 aromatic rings. The summed E-state index contributed by atoms with van der Waals surface area (Å²) < 4.78 is 0. The van der Waals surface area contributed by atoms with Gasteiger partial charge >= 0.3 is 0 Å². The Labute approximate surface area is 282 Å². The Morgan fingerprint density at radius 1 is 0.689 bits per heavy atom. The van der Waals surface area contributed by atoms with Gasteiger partial charge in [0.15, 0.2) is 0 Å². The molecule has 0 fully saturated rings. The number of benzene rings is 2. The van der Waals surface area contributed by atoms with E-state index in [4.69, 9.17) is 51.1 Å². The first-order valence-electron chi connectivity index (χ1n) is 15.6. The number of rotatable bonds is 6. The summed E-state index contributed by atoms with van der Waals surface area (Å²) in [5, 5.41) is 18.7. The minimum atomic E-state index is 0.173. The molecule has 2 aromatic heterocycles. The summed E-state index contributed by atoms with van der Waals surface area (Å²) in [6.07, 6.45) is 11.8. The number of anilines is 1. The number of hydrogen-bond acceptors (Lipinski definition) is 5. The van der Waals surface area contributed by atoms with Crippen LogP contribution >= 0.6 is 34.8 Å². The molecule has 5 nitrogen and oxygen atoms in total. The van der Waals surface area contributed by atoms with E-state index in [1.165, 1.54) is 66.3 Å². The van der Waals surface area contributed by atoms with E-state index in [0.29, 0.717) is 21.4 Å². The maximum atomic E-state index is 9.14. The minimum absolute atomic E-state index is 0.173. The molecular formula is C37H38Cl3N5. The number of nitrogen functional groups attached to an aromatic ring is 1. The number of aryl methyl sites for hydroxylation is 4. The molecule has 0 atom stereocenters. The molecule has 0 aliphatic heterocycles. The lowest BCUT2D eigenvalue weighted by molar-refractivity contribution is 0.875. The van der Waals surface area contributed by atoms with Crippen LogP contribution in [0.5, 0.6) is 0 Å². The van der Waals surface area contributed by atoms with Crippen molar-refractivity contribution in [2.75, 3.05) is 5.73 Å². The average Bonchev–Trinajstić information content (AvgIpc) is 3.72. The van der Waals surface area contributed by atoms with Crippen LogP contribution in [-0.2, 0) is 44.9 Å². The van der Waals surface area contributed by atoms with E-state index in [1.807, 2.05) is 31.2 Å². The SMILES string of the molecule is CCCc1cc(C#N)c(Cl)nc1Cc1cccc2c1CCC2.CCCc1cc(C#N)c(Cl)nc1Cl.Nc1cccc2c1CCC2. The molecule has 0 radical (unpaired) electrons. The first-order valence-corrected chi connectivity index (χ1v) is 16.7. The number of nitrogens with zero attached hydrogens (tertiary/aromatic N) is 4. The second-order valence-corrected chi connectivity index (χ2v) is 12.4. The predicted molar refractivity (Wildman–Crippen MR) is 185 cm³/mol. The Balaban J connectivity index is 0.000000169. The van der Waals surface area contributed by atoms with Gasteiger partial charge in [0.25, 0.3) is 0 Å². The van der Waals surface area contributed by atoms with E-state index in [1.54, 1.807) is 6.07 Å². The van der Waals surface area contributed by atoms with Crippen LogP contribution in [0.15, 0.2) is 48.5 Å². The molecule has 8 heteroatoms. The van der Waals surface area contributed by atoms with E-state index < -0.39 is 0 Å². The van der Waals surface area contributed by atoms with Crippen LogP contribution < -0.4 is 5.73 Å². The van der Waals surface area contributed by atoms with Crippen LogP contribution in [0.1, 0.15) is 95.3 Å². The molecule has 0 bridgehead atoms. The van der Waals surface area contributed by atoms with Crippen molar-refractivity contribution in [3.63, 3.8) is 0 Å². The molecule has 2 heterocycles. The predicted octanol–water partition coefficient (Wildman–Crippen LogP) is 9.61. The second-order valence-electron chi connectivity index (χ2n) is 11.4. The summed E-state index contributed by atoms with van der Waals surface area (Å²) in [6, 6.07) is 20.5. The molecular weight excluding hydrogens is 621 g/mol. The first-order chi connectivity index (χ1) is 21.8. The van der Waals surface area contributed by atoms with Crippen LogP contribution in [0.2, 0.25) is 15.5 Å². The molecule has 0 spiro atoms. The minimum Gasteiger partial charge on any atom is -0.398 e. The van der Waals surface area contributed by atoms with Gasteiger partial charge in [0.1, 0.15) is 27.6 Å². The Hall–Kier alpha value is -3.61. The van der Waals surface area contributed by atoms with E-state index in [2.05, 4.69) is 47.2 Å². The molecule has 232 valence electrons. The molecule has 2 aromatic carbocycles. The monoisotopic (exact) mass is 657 g/mol. The molecule has 0 unspecified atom stereocenters. The number of hydrogen-bond donors (Lipinski definition) is 1. The molecule has 0 amide bonds. The number of fused-ring (bicyclic) bond motifs is 2. The fourth-order valence-corrected chi connectivity index (χ4v) is 6.67. The summed E-state index contributed by atoms with van der Waals surface area (Å²) in [6.45, 7) is 4.18. The van der Waals surface area contributed by atoms with Crippen LogP contribution in [0, 0.1) is 22.7 Å². The van der Waals surface area contributed by atoms with Crippen LogP contribution in [0.4, 0.5) is 5.69 Å². The third-order valence-corrected chi connectivity index (χ3v) is 9.11.